The summed E-state index contributed by atoms with van der Waals surface area (Å²) in [5.41, 5.74) is 0.929. The second-order valence-corrected chi connectivity index (χ2v) is 5.40. The van der Waals surface area contributed by atoms with Crippen LogP contribution >= 0.6 is 0 Å². The molecule has 0 bridgehead atoms. The van der Waals surface area contributed by atoms with Gasteiger partial charge in [0, 0.05) is 63.7 Å². The molecule has 114 valence electrons. The minimum Gasteiger partial charge on any atom is -0.351 e. The molecule has 8 nitrogen and oxygen atoms in total. The van der Waals surface area contributed by atoms with Crippen LogP contribution < -0.4 is 4.90 Å². The van der Waals surface area contributed by atoms with Gasteiger partial charge in [-0.3, -0.25) is 9.58 Å². The van der Waals surface area contributed by atoms with E-state index in [2.05, 4.69) is 30.1 Å². The van der Waals surface area contributed by atoms with E-state index in [4.69, 9.17) is 0 Å². The zero-order valence-corrected chi connectivity index (χ0v) is 12.3. The summed E-state index contributed by atoms with van der Waals surface area (Å²) in [6, 6.07) is 0. The van der Waals surface area contributed by atoms with E-state index in [0.717, 1.165) is 50.7 Å². The molecule has 8 heteroatoms. The van der Waals surface area contributed by atoms with Gasteiger partial charge in [-0.05, 0) is 0 Å². The Kier molecular flexibility index (Phi) is 3.43. The van der Waals surface area contributed by atoms with Crippen LogP contribution in [0, 0.1) is 0 Å². The predicted molar refractivity (Wildman–Crippen MR) is 81.7 cm³/mol. The molecule has 0 saturated carbocycles. The topological polar surface area (TPSA) is 67.4 Å². The van der Waals surface area contributed by atoms with Crippen molar-refractivity contribution in [2.45, 2.75) is 6.54 Å². The summed E-state index contributed by atoms with van der Waals surface area (Å²) < 4.78 is 3.89. The summed E-state index contributed by atoms with van der Waals surface area (Å²) in [5.74, 6) is 0.975. The third-order valence-electron chi connectivity index (χ3n) is 4.08. The van der Waals surface area contributed by atoms with Crippen molar-refractivity contribution in [1.82, 2.24) is 34.3 Å². The van der Waals surface area contributed by atoms with Crippen molar-refractivity contribution in [2.75, 3.05) is 37.6 Å². The Morgan fingerprint density at radius 3 is 2.45 bits per heavy atom. The van der Waals surface area contributed by atoms with E-state index >= 15 is 0 Å². The van der Waals surface area contributed by atoms with Gasteiger partial charge in [0.15, 0.2) is 11.5 Å². The van der Waals surface area contributed by atoms with E-state index in [1.54, 1.807) is 6.20 Å². The fourth-order valence-electron chi connectivity index (χ4n) is 2.84. The lowest BCUT2D eigenvalue weighted by Crippen LogP contribution is -2.47. The molecule has 0 amide bonds. The average Bonchev–Trinajstić information content (AvgIpc) is 3.24. The molecule has 3 aromatic rings. The third-order valence-corrected chi connectivity index (χ3v) is 4.08. The van der Waals surface area contributed by atoms with Gasteiger partial charge in [0.2, 0.25) is 0 Å². The summed E-state index contributed by atoms with van der Waals surface area (Å²) in [4.78, 5) is 13.7. The molecule has 4 heterocycles. The quantitative estimate of drug-likeness (QED) is 0.683. The highest BCUT2D eigenvalue weighted by Gasteiger charge is 2.20. The maximum Gasteiger partial charge on any atom is 0.180 e. The van der Waals surface area contributed by atoms with Crippen molar-refractivity contribution in [3.63, 3.8) is 0 Å². The first-order chi connectivity index (χ1) is 10.9. The van der Waals surface area contributed by atoms with Gasteiger partial charge in [0.05, 0.1) is 12.7 Å². The van der Waals surface area contributed by atoms with Crippen molar-refractivity contribution in [3.8, 4) is 0 Å². The van der Waals surface area contributed by atoms with Gasteiger partial charge < -0.3 is 9.30 Å². The van der Waals surface area contributed by atoms with Crippen molar-refractivity contribution in [1.29, 1.82) is 0 Å². The maximum absolute atomic E-state index is 4.52. The van der Waals surface area contributed by atoms with Crippen LogP contribution in [0.2, 0.25) is 0 Å². The molecule has 0 radical (unpaired) electrons. The van der Waals surface area contributed by atoms with Gasteiger partial charge in [-0.15, -0.1) is 5.10 Å². The molecule has 0 unspecified atom stereocenters. The van der Waals surface area contributed by atoms with Gasteiger partial charge in [-0.1, -0.05) is 5.21 Å². The minimum absolute atomic E-state index is 0.883. The first kappa shape index (κ1) is 13.2. The number of anilines is 1. The van der Waals surface area contributed by atoms with Gasteiger partial charge in [0.25, 0.3) is 0 Å². The number of piperazine rings is 1. The number of fused-ring (bicyclic) bond motifs is 1. The Bertz CT molecular complexity index is 726. The summed E-state index contributed by atoms with van der Waals surface area (Å²) in [6.07, 6.45) is 11.2. The zero-order valence-electron chi connectivity index (χ0n) is 12.3. The number of rotatable bonds is 4. The number of aromatic nitrogens is 6. The molecule has 0 spiro atoms. The highest BCUT2D eigenvalue weighted by atomic mass is 15.4. The van der Waals surface area contributed by atoms with Gasteiger partial charge in [-0.25, -0.2) is 9.97 Å². The number of hydrogen-bond acceptors (Lipinski definition) is 6. The van der Waals surface area contributed by atoms with Crippen molar-refractivity contribution >= 4 is 11.5 Å². The molecule has 1 aliphatic heterocycles. The standard InChI is InChI=1S/C14H18N8/c1-4-20-5-2-16-14(13(20)15-1)21-10-7-19(8-11-21)9-12-22-6-3-17-18-22/h1-6H,7-12H2. The first-order valence-electron chi connectivity index (χ1n) is 7.49. The van der Waals surface area contributed by atoms with Gasteiger partial charge >= 0.3 is 0 Å². The second kappa shape index (κ2) is 5.72. The Balaban J connectivity index is 1.38. The Morgan fingerprint density at radius 1 is 0.864 bits per heavy atom. The smallest absolute Gasteiger partial charge is 0.180 e. The molecular weight excluding hydrogens is 280 g/mol. The molecule has 0 atom stereocenters. The fourth-order valence-corrected chi connectivity index (χ4v) is 2.84. The van der Waals surface area contributed by atoms with E-state index in [1.807, 2.05) is 40.1 Å². The molecule has 1 aliphatic rings. The number of nitrogens with zero attached hydrogens (tertiary/aromatic N) is 8. The minimum atomic E-state index is 0.883. The molecule has 3 aromatic heterocycles. The van der Waals surface area contributed by atoms with E-state index in [1.165, 1.54) is 0 Å². The fraction of sp³-hybridized carbons (Fsp3) is 0.429. The molecule has 0 N–H and O–H groups in total. The lowest BCUT2D eigenvalue weighted by molar-refractivity contribution is 0.243. The van der Waals surface area contributed by atoms with Crippen LogP contribution in [0.5, 0.6) is 0 Å². The molecular formula is C14H18N8. The Hall–Kier alpha value is -2.48. The Labute approximate surface area is 128 Å². The largest absolute Gasteiger partial charge is 0.351 e. The third kappa shape index (κ3) is 2.52. The lowest BCUT2D eigenvalue weighted by Gasteiger charge is -2.35. The summed E-state index contributed by atoms with van der Waals surface area (Å²) in [5, 5.41) is 7.83. The number of imidazole rings is 1. The zero-order chi connectivity index (χ0) is 14.8. The van der Waals surface area contributed by atoms with Crippen molar-refractivity contribution < 1.29 is 0 Å². The average molecular weight is 298 g/mol. The molecule has 1 fully saturated rings. The second-order valence-electron chi connectivity index (χ2n) is 5.40. The molecule has 4 rings (SSSR count). The highest BCUT2D eigenvalue weighted by Crippen LogP contribution is 2.18. The van der Waals surface area contributed by atoms with Crippen LogP contribution in [0.15, 0.2) is 37.2 Å². The molecule has 22 heavy (non-hydrogen) atoms. The van der Waals surface area contributed by atoms with Crippen LogP contribution in [0.3, 0.4) is 0 Å². The van der Waals surface area contributed by atoms with Crippen molar-refractivity contribution in [2.24, 2.45) is 0 Å². The Morgan fingerprint density at radius 2 is 1.68 bits per heavy atom. The number of hydrogen-bond donors (Lipinski definition) is 0. The summed E-state index contributed by atoms with van der Waals surface area (Å²) >= 11 is 0. The normalized spacial score (nSPS) is 16.5. The van der Waals surface area contributed by atoms with Crippen LogP contribution in [0.4, 0.5) is 5.82 Å². The highest BCUT2D eigenvalue weighted by molar-refractivity contribution is 5.64. The summed E-state index contributed by atoms with van der Waals surface area (Å²) in [7, 11) is 0. The van der Waals surface area contributed by atoms with E-state index < -0.39 is 0 Å². The monoisotopic (exact) mass is 298 g/mol. The van der Waals surface area contributed by atoms with E-state index in [-0.39, 0.29) is 0 Å². The van der Waals surface area contributed by atoms with E-state index in [0.29, 0.717) is 0 Å². The van der Waals surface area contributed by atoms with Crippen LogP contribution in [0.1, 0.15) is 0 Å². The van der Waals surface area contributed by atoms with Gasteiger partial charge in [-0.2, -0.15) is 0 Å². The summed E-state index contributed by atoms with van der Waals surface area (Å²) in [6.45, 7) is 5.87. The van der Waals surface area contributed by atoms with Crippen LogP contribution in [-0.2, 0) is 6.54 Å². The predicted octanol–water partition coefficient (Wildman–Crippen LogP) is 0.143. The first-order valence-corrected chi connectivity index (χ1v) is 7.49. The van der Waals surface area contributed by atoms with Crippen LogP contribution in [-0.4, -0.2) is 67.0 Å². The van der Waals surface area contributed by atoms with Crippen molar-refractivity contribution in [3.05, 3.63) is 37.2 Å². The van der Waals surface area contributed by atoms with E-state index in [9.17, 15) is 0 Å². The maximum atomic E-state index is 4.52. The molecule has 0 aliphatic carbocycles. The lowest BCUT2D eigenvalue weighted by atomic mass is 10.3. The SMILES string of the molecule is c1cn(CCN2CCN(c3nccn4ccnc34)CC2)nn1. The van der Waals surface area contributed by atoms with Gasteiger partial charge in [0.1, 0.15) is 0 Å². The molecule has 1 saturated heterocycles. The van der Waals surface area contributed by atoms with Crippen LogP contribution in [0.25, 0.3) is 5.65 Å². The molecule has 0 aromatic carbocycles.